The predicted octanol–water partition coefficient (Wildman–Crippen LogP) is 6.50. The van der Waals surface area contributed by atoms with E-state index in [1.54, 1.807) is 0 Å². The second-order valence-corrected chi connectivity index (χ2v) is 6.66. The Morgan fingerprint density at radius 1 is 1.05 bits per heavy atom. The molecule has 0 heterocycles. The van der Waals surface area contributed by atoms with Crippen molar-refractivity contribution in [2.45, 2.75) is 71.1 Å². The van der Waals surface area contributed by atoms with Gasteiger partial charge in [0, 0.05) is 0 Å². The minimum absolute atomic E-state index is 0.665. The highest BCUT2D eigenvalue weighted by atomic mass is 16.5. The van der Waals surface area contributed by atoms with Crippen LogP contribution >= 0.6 is 0 Å². The van der Waals surface area contributed by atoms with Crippen molar-refractivity contribution in [3.63, 3.8) is 0 Å². The first-order valence-electron chi connectivity index (χ1n) is 9.17. The molecule has 1 aromatic carbocycles. The molecule has 0 unspecified atom stereocenters. The van der Waals surface area contributed by atoms with Crippen molar-refractivity contribution in [1.82, 2.24) is 0 Å². The van der Waals surface area contributed by atoms with E-state index in [2.05, 4.69) is 31.2 Å². The Hall–Kier alpha value is -1.24. The van der Waals surface area contributed by atoms with E-state index in [0.717, 1.165) is 17.6 Å². The van der Waals surface area contributed by atoms with Gasteiger partial charge in [0.1, 0.15) is 12.4 Å². The number of benzene rings is 1. The maximum atomic E-state index is 5.67. The van der Waals surface area contributed by atoms with Crippen LogP contribution in [0.15, 0.2) is 36.4 Å². The highest BCUT2D eigenvalue weighted by Crippen LogP contribution is 2.38. The van der Waals surface area contributed by atoms with Crippen LogP contribution in [0.5, 0.6) is 5.75 Å². The van der Waals surface area contributed by atoms with Gasteiger partial charge in [-0.1, -0.05) is 56.9 Å². The molecular formula is C21H32O. The van der Waals surface area contributed by atoms with Gasteiger partial charge in [0.2, 0.25) is 0 Å². The average molecular weight is 300 g/mol. The van der Waals surface area contributed by atoms with Gasteiger partial charge in [0.05, 0.1) is 0 Å². The monoisotopic (exact) mass is 300 g/mol. The summed E-state index contributed by atoms with van der Waals surface area (Å²) in [6, 6.07) is 8.80. The maximum Gasteiger partial charge on any atom is 0.119 e. The van der Waals surface area contributed by atoms with Crippen LogP contribution in [0.3, 0.4) is 0 Å². The van der Waals surface area contributed by atoms with Gasteiger partial charge in [0.25, 0.3) is 0 Å². The summed E-state index contributed by atoms with van der Waals surface area (Å²) in [5.41, 5.74) is 1.50. The van der Waals surface area contributed by atoms with E-state index in [9.17, 15) is 0 Å². The summed E-state index contributed by atoms with van der Waals surface area (Å²) in [4.78, 5) is 0. The quantitative estimate of drug-likeness (QED) is 0.393. The predicted molar refractivity (Wildman–Crippen MR) is 95.6 cm³/mol. The Balaban J connectivity index is 1.76. The molecule has 0 radical (unpaired) electrons. The summed E-state index contributed by atoms with van der Waals surface area (Å²) >= 11 is 0. The van der Waals surface area contributed by atoms with Crippen LogP contribution in [-0.4, -0.2) is 6.61 Å². The van der Waals surface area contributed by atoms with Gasteiger partial charge in [-0.25, -0.2) is 0 Å². The zero-order valence-electron chi connectivity index (χ0n) is 14.4. The lowest BCUT2D eigenvalue weighted by Gasteiger charge is -2.29. The van der Waals surface area contributed by atoms with Crippen LogP contribution in [0.1, 0.15) is 76.7 Å². The van der Waals surface area contributed by atoms with Crippen molar-refractivity contribution in [2.75, 3.05) is 6.61 Å². The molecule has 1 aliphatic rings. The summed E-state index contributed by atoms with van der Waals surface area (Å²) in [5, 5.41) is 0. The number of unbranched alkanes of at least 4 members (excludes halogenated alkanes) is 2. The van der Waals surface area contributed by atoms with Crippen molar-refractivity contribution in [3.8, 4) is 5.75 Å². The van der Waals surface area contributed by atoms with Crippen molar-refractivity contribution in [2.24, 2.45) is 5.92 Å². The Morgan fingerprint density at radius 3 is 2.41 bits per heavy atom. The molecule has 1 heteroatoms. The lowest BCUT2D eigenvalue weighted by molar-refractivity contribution is 0.302. The number of rotatable bonds is 8. The maximum absolute atomic E-state index is 5.67. The number of ether oxygens (including phenoxy) is 1. The summed E-state index contributed by atoms with van der Waals surface area (Å²) in [5.74, 6) is 2.74. The van der Waals surface area contributed by atoms with Crippen LogP contribution in [-0.2, 0) is 0 Å². The van der Waals surface area contributed by atoms with Crippen molar-refractivity contribution >= 4 is 0 Å². The lowest BCUT2D eigenvalue weighted by atomic mass is 9.77. The molecule has 0 spiro atoms. The third kappa shape index (κ3) is 5.51. The smallest absolute Gasteiger partial charge is 0.119 e. The van der Waals surface area contributed by atoms with E-state index in [1.165, 1.54) is 56.9 Å². The van der Waals surface area contributed by atoms with Gasteiger partial charge in [-0.15, -0.1) is 0 Å². The Morgan fingerprint density at radius 2 is 1.77 bits per heavy atom. The normalized spacial score (nSPS) is 22.1. The Labute approximate surface area is 136 Å². The SMILES string of the molecule is CC=CCOc1ccc(C2CCC(CCCCC)CC2)cc1. The van der Waals surface area contributed by atoms with E-state index in [0.29, 0.717) is 6.61 Å². The molecule has 0 aromatic heterocycles. The van der Waals surface area contributed by atoms with Crippen LogP contribution in [0.4, 0.5) is 0 Å². The van der Waals surface area contributed by atoms with Crippen LogP contribution < -0.4 is 4.74 Å². The standard InChI is InChI=1S/C21H32O/c1-3-5-7-8-18-9-11-19(12-10-18)20-13-15-21(16-14-20)22-17-6-4-2/h4,6,13-16,18-19H,3,5,7-12,17H2,1-2H3. The molecule has 1 aliphatic carbocycles. The van der Waals surface area contributed by atoms with Crippen LogP contribution in [0.2, 0.25) is 0 Å². The molecular weight excluding hydrogens is 268 g/mol. The Kier molecular flexibility index (Phi) is 7.56. The van der Waals surface area contributed by atoms with Gasteiger partial charge < -0.3 is 4.74 Å². The van der Waals surface area contributed by atoms with Crippen molar-refractivity contribution < 1.29 is 4.74 Å². The first-order valence-corrected chi connectivity index (χ1v) is 9.17. The molecule has 0 atom stereocenters. The van der Waals surface area contributed by atoms with E-state index >= 15 is 0 Å². The summed E-state index contributed by atoms with van der Waals surface area (Å²) in [6.07, 6.45) is 15.3. The fourth-order valence-electron chi connectivity index (χ4n) is 3.54. The number of hydrogen-bond acceptors (Lipinski definition) is 1. The van der Waals surface area contributed by atoms with E-state index in [4.69, 9.17) is 4.74 Å². The van der Waals surface area contributed by atoms with Crippen LogP contribution in [0.25, 0.3) is 0 Å². The van der Waals surface area contributed by atoms with Gasteiger partial charge in [-0.3, -0.25) is 0 Å². The molecule has 0 N–H and O–H groups in total. The van der Waals surface area contributed by atoms with Crippen molar-refractivity contribution in [3.05, 3.63) is 42.0 Å². The van der Waals surface area contributed by atoms with Crippen LogP contribution in [0, 0.1) is 5.92 Å². The minimum atomic E-state index is 0.665. The number of hydrogen-bond donors (Lipinski definition) is 0. The third-order valence-electron chi connectivity index (χ3n) is 5.00. The molecule has 22 heavy (non-hydrogen) atoms. The zero-order valence-corrected chi connectivity index (χ0v) is 14.4. The van der Waals surface area contributed by atoms with E-state index in [1.807, 2.05) is 19.1 Å². The first-order chi connectivity index (χ1) is 10.8. The first kappa shape index (κ1) is 17.1. The minimum Gasteiger partial charge on any atom is -0.490 e. The summed E-state index contributed by atoms with van der Waals surface area (Å²) in [7, 11) is 0. The Bertz CT molecular complexity index is 424. The average Bonchev–Trinajstić information content (AvgIpc) is 2.57. The molecule has 2 rings (SSSR count). The van der Waals surface area contributed by atoms with Gasteiger partial charge in [-0.2, -0.15) is 0 Å². The number of allylic oxidation sites excluding steroid dienone is 1. The highest BCUT2D eigenvalue weighted by molar-refractivity contribution is 5.29. The molecule has 0 bridgehead atoms. The highest BCUT2D eigenvalue weighted by Gasteiger charge is 2.21. The van der Waals surface area contributed by atoms with E-state index in [-0.39, 0.29) is 0 Å². The van der Waals surface area contributed by atoms with Gasteiger partial charge in [0.15, 0.2) is 0 Å². The molecule has 0 saturated heterocycles. The third-order valence-corrected chi connectivity index (χ3v) is 5.00. The molecule has 1 aromatic rings. The van der Waals surface area contributed by atoms with Gasteiger partial charge in [-0.05, 0) is 62.1 Å². The van der Waals surface area contributed by atoms with Crippen molar-refractivity contribution in [1.29, 1.82) is 0 Å². The summed E-state index contributed by atoms with van der Waals surface area (Å²) in [6.45, 7) is 4.98. The topological polar surface area (TPSA) is 9.23 Å². The second-order valence-electron chi connectivity index (χ2n) is 6.66. The molecule has 0 amide bonds. The molecule has 122 valence electrons. The molecule has 1 saturated carbocycles. The largest absolute Gasteiger partial charge is 0.490 e. The van der Waals surface area contributed by atoms with E-state index < -0.39 is 0 Å². The molecule has 1 nitrogen and oxygen atoms in total. The fraction of sp³-hybridized carbons (Fsp3) is 0.619. The second kappa shape index (κ2) is 9.71. The summed E-state index contributed by atoms with van der Waals surface area (Å²) < 4.78 is 5.67. The fourth-order valence-corrected chi connectivity index (χ4v) is 3.54. The zero-order chi connectivity index (χ0) is 15.6. The molecule has 0 aliphatic heterocycles. The van der Waals surface area contributed by atoms with Gasteiger partial charge >= 0.3 is 0 Å². The lowest BCUT2D eigenvalue weighted by Crippen LogP contribution is -2.13. The molecule has 1 fully saturated rings.